The molecule has 1 aromatic carbocycles. The summed E-state index contributed by atoms with van der Waals surface area (Å²) in [5, 5.41) is 20.6. The van der Waals surface area contributed by atoms with Crippen LogP contribution in [0.3, 0.4) is 0 Å². The van der Waals surface area contributed by atoms with E-state index < -0.39 is 24.5 Å². The number of esters is 1. The molecule has 98 valence electrons. The van der Waals surface area contributed by atoms with E-state index >= 15 is 0 Å². The fourth-order valence-electron chi connectivity index (χ4n) is 1.31. The molecule has 3 N–H and O–H groups in total. The van der Waals surface area contributed by atoms with E-state index in [4.69, 9.17) is 9.84 Å². The molecular formula is C12H15NO5. The van der Waals surface area contributed by atoms with Crippen molar-refractivity contribution in [3.8, 4) is 5.75 Å². The average molecular weight is 253 g/mol. The Kier molecular flexibility index (Phi) is 5.13. The third-order valence-electron chi connectivity index (χ3n) is 2.17. The van der Waals surface area contributed by atoms with Crippen molar-refractivity contribution in [1.82, 2.24) is 5.32 Å². The van der Waals surface area contributed by atoms with Crippen LogP contribution in [0.1, 0.15) is 17.3 Å². The predicted molar refractivity (Wildman–Crippen MR) is 63.1 cm³/mol. The lowest BCUT2D eigenvalue weighted by molar-refractivity contribution is -0.146. The maximum Gasteiger partial charge on any atom is 0.331 e. The molecule has 0 radical (unpaired) electrons. The zero-order valence-corrected chi connectivity index (χ0v) is 9.92. The minimum absolute atomic E-state index is 0.0562. The number of hydrogen-bond acceptors (Lipinski definition) is 5. The summed E-state index contributed by atoms with van der Waals surface area (Å²) in [5.41, 5.74) is 0.192. The Balaban J connectivity index is 2.70. The molecule has 6 nitrogen and oxygen atoms in total. The molecule has 18 heavy (non-hydrogen) atoms. The van der Waals surface area contributed by atoms with Gasteiger partial charge < -0.3 is 20.3 Å². The quantitative estimate of drug-likeness (QED) is 0.644. The summed E-state index contributed by atoms with van der Waals surface area (Å²) in [4.78, 5) is 23.1. The minimum atomic E-state index is -1.11. The van der Waals surface area contributed by atoms with Crippen LogP contribution in [-0.2, 0) is 9.53 Å². The van der Waals surface area contributed by atoms with Crippen LogP contribution in [0, 0.1) is 0 Å². The molecular weight excluding hydrogens is 238 g/mol. The van der Waals surface area contributed by atoms with Crippen molar-refractivity contribution in [2.24, 2.45) is 0 Å². The maximum absolute atomic E-state index is 11.7. The second kappa shape index (κ2) is 6.61. The van der Waals surface area contributed by atoms with Crippen LogP contribution in [0.2, 0.25) is 0 Å². The van der Waals surface area contributed by atoms with Crippen molar-refractivity contribution in [1.29, 1.82) is 0 Å². The van der Waals surface area contributed by atoms with Gasteiger partial charge in [0.1, 0.15) is 5.75 Å². The van der Waals surface area contributed by atoms with Gasteiger partial charge in [0, 0.05) is 5.56 Å². The molecule has 1 aromatic rings. The van der Waals surface area contributed by atoms with E-state index in [1.807, 2.05) is 0 Å². The normalized spacial score (nSPS) is 11.7. The highest BCUT2D eigenvalue weighted by atomic mass is 16.5. The van der Waals surface area contributed by atoms with E-state index in [1.54, 1.807) is 6.92 Å². The Hall–Kier alpha value is -2.08. The van der Waals surface area contributed by atoms with Crippen molar-refractivity contribution >= 4 is 11.9 Å². The lowest BCUT2D eigenvalue weighted by Crippen LogP contribution is -2.44. The topological polar surface area (TPSA) is 95.9 Å². The Labute approximate surface area is 104 Å². The monoisotopic (exact) mass is 253 g/mol. The molecule has 1 amide bonds. The number of carbonyl (C=O) groups is 2. The van der Waals surface area contributed by atoms with Crippen LogP contribution in [0.25, 0.3) is 0 Å². The molecule has 0 heterocycles. The number of phenols is 1. The first-order valence-electron chi connectivity index (χ1n) is 5.45. The van der Waals surface area contributed by atoms with Crippen LogP contribution in [0.5, 0.6) is 5.75 Å². The van der Waals surface area contributed by atoms with Gasteiger partial charge >= 0.3 is 5.97 Å². The Morgan fingerprint density at radius 1 is 1.44 bits per heavy atom. The highest BCUT2D eigenvalue weighted by molar-refractivity contribution is 5.97. The van der Waals surface area contributed by atoms with Crippen LogP contribution < -0.4 is 5.32 Å². The minimum Gasteiger partial charge on any atom is -0.508 e. The number of benzene rings is 1. The molecule has 0 saturated heterocycles. The molecule has 0 aliphatic rings. The molecule has 0 fully saturated rings. The van der Waals surface area contributed by atoms with E-state index in [9.17, 15) is 14.7 Å². The van der Waals surface area contributed by atoms with Crippen molar-refractivity contribution in [3.63, 3.8) is 0 Å². The Morgan fingerprint density at radius 3 is 2.72 bits per heavy atom. The third kappa shape index (κ3) is 3.74. The van der Waals surface area contributed by atoms with Crippen molar-refractivity contribution < 1.29 is 24.5 Å². The molecule has 0 aromatic heterocycles. The number of ether oxygens (including phenoxy) is 1. The van der Waals surface area contributed by atoms with Gasteiger partial charge in [-0.05, 0) is 25.1 Å². The summed E-state index contributed by atoms with van der Waals surface area (Å²) in [5.74, 6) is -1.33. The van der Waals surface area contributed by atoms with E-state index in [2.05, 4.69) is 5.32 Å². The van der Waals surface area contributed by atoms with E-state index in [0.717, 1.165) is 0 Å². The van der Waals surface area contributed by atoms with E-state index in [0.29, 0.717) is 0 Å². The molecule has 0 spiro atoms. The van der Waals surface area contributed by atoms with E-state index in [-0.39, 0.29) is 17.9 Å². The molecule has 1 atom stereocenters. The molecule has 1 rings (SSSR count). The third-order valence-corrected chi connectivity index (χ3v) is 2.17. The Morgan fingerprint density at radius 2 is 2.17 bits per heavy atom. The van der Waals surface area contributed by atoms with Crippen LogP contribution in [0.15, 0.2) is 24.3 Å². The van der Waals surface area contributed by atoms with Crippen molar-refractivity contribution in [2.45, 2.75) is 13.0 Å². The summed E-state index contributed by atoms with van der Waals surface area (Å²) >= 11 is 0. The highest BCUT2D eigenvalue weighted by Gasteiger charge is 2.21. The molecule has 0 bridgehead atoms. The predicted octanol–water partition coefficient (Wildman–Crippen LogP) is 0.0460. The molecule has 0 saturated carbocycles. The smallest absolute Gasteiger partial charge is 0.331 e. The fourth-order valence-corrected chi connectivity index (χ4v) is 1.31. The van der Waals surface area contributed by atoms with Gasteiger partial charge in [0.15, 0.2) is 6.04 Å². The number of hydrogen-bond donors (Lipinski definition) is 3. The SMILES string of the molecule is CCOC(=O)[C@H](CO)NC(=O)c1cccc(O)c1. The first-order valence-corrected chi connectivity index (χ1v) is 5.45. The largest absolute Gasteiger partial charge is 0.508 e. The van der Waals surface area contributed by atoms with E-state index in [1.165, 1.54) is 24.3 Å². The number of rotatable bonds is 5. The van der Waals surface area contributed by atoms with Gasteiger partial charge in [-0.15, -0.1) is 0 Å². The Bertz CT molecular complexity index is 432. The maximum atomic E-state index is 11.7. The zero-order valence-electron chi connectivity index (χ0n) is 9.92. The molecule has 0 unspecified atom stereocenters. The first kappa shape index (κ1) is 14.0. The number of phenolic OH excluding ortho intramolecular Hbond substituents is 1. The first-order chi connectivity index (χ1) is 8.58. The summed E-state index contributed by atoms with van der Waals surface area (Å²) in [6, 6.07) is 4.55. The lowest BCUT2D eigenvalue weighted by Gasteiger charge is -2.14. The van der Waals surface area contributed by atoms with Crippen molar-refractivity contribution in [2.75, 3.05) is 13.2 Å². The summed E-state index contributed by atoms with van der Waals surface area (Å²) < 4.78 is 4.69. The number of amides is 1. The molecule has 0 aliphatic carbocycles. The van der Waals surface area contributed by atoms with Crippen LogP contribution >= 0.6 is 0 Å². The van der Waals surface area contributed by atoms with Gasteiger partial charge in [-0.1, -0.05) is 6.07 Å². The van der Waals surface area contributed by atoms with Crippen molar-refractivity contribution in [3.05, 3.63) is 29.8 Å². The lowest BCUT2D eigenvalue weighted by atomic mass is 10.2. The zero-order chi connectivity index (χ0) is 13.5. The van der Waals surface area contributed by atoms with Gasteiger partial charge in [0.05, 0.1) is 13.2 Å². The summed E-state index contributed by atoms with van der Waals surface area (Å²) in [6.07, 6.45) is 0. The second-order valence-corrected chi connectivity index (χ2v) is 3.51. The number of carbonyl (C=O) groups excluding carboxylic acids is 2. The van der Waals surface area contributed by atoms with Gasteiger partial charge in [-0.2, -0.15) is 0 Å². The fraction of sp³-hybridized carbons (Fsp3) is 0.333. The summed E-state index contributed by atoms with van der Waals surface area (Å²) in [7, 11) is 0. The number of aliphatic hydroxyl groups excluding tert-OH is 1. The van der Waals surface area contributed by atoms with Gasteiger partial charge in [0.25, 0.3) is 5.91 Å². The average Bonchev–Trinajstić information content (AvgIpc) is 2.35. The van der Waals surface area contributed by atoms with Crippen LogP contribution in [0.4, 0.5) is 0 Å². The number of nitrogens with one attached hydrogen (secondary N) is 1. The second-order valence-electron chi connectivity index (χ2n) is 3.51. The van der Waals surface area contributed by atoms with Crippen LogP contribution in [-0.4, -0.2) is 41.3 Å². The molecule has 6 heteroatoms. The number of aliphatic hydroxyl groups is 1. The van der Waals surface area contributed by atoms with Gasteiger partial charge in [-0.25, -0.2) is 4.79 Å². The summed E-state index contributed by atoms with van der Waals surface area (Å²) in [6.45, 7) is 1.24. The standard InChI is InChI=1S/C12H15NO5/c1-2-18-12(17)10(7-14)13-11(16)8-4-3-5-9(15)6-8/h3-6,10,14-15H,2,7H2,1H3,(H,13,16)/t10-/m0/s1. The molecule has 0 aliphatic heterocycles. The van der Waals surface area contributed by atoms with Gasteiger partial charge in [0.2, 0.25) is 0 Å². The number of aromatic hydroxyl groups is 1. The van der Waals surface area contributed by atoms with Gasteiger partial charge in [-0.3, -0.25) is 4.79 Å². The highest BCUT2D eigenvalue weighted by Crippen LogP contribution is 2.10.